The van der Waals surface area contributed by atoms with E-state index in [0.29, 0.717) is 36.8 Å². The van der Waals surface area contributed by atoms with Crippen molar-refractivity contribution in [1.29, 1.82) is 0 Å². The van der Waals surface area contributed by atoms with Gasteiger partial charge in [-0.1, -0.05) is 22.9 Å². The number of alkyl halides is 1. The molecule has 0 amide bonds. The van der Waals surface area contributed by atoms with E-state index >= 15 is 0 Å². The summed E-state index contributed by atoms with van der Waals surface area (Å²) in [7, 11) is -3.55. The van der Waals surface area contributed by atoms with Gasteiger partial charge in [-0.15, -0.1) is 11.6 Å². The van der Waals surface area contributed by atoms with Gasteiger partial charge in [-0.25, -0.2) is 8.42 Å². The van der Waals surface area contributed by atoms with Crippen LogP contribution in [-0.4, -0.2) is 39.0 Å². The highest BCUT2D eigenvalue weighted by molar-refractivity contribution is 9.10. The molecule has 0 aromatic heterocycles. The second kappa shape index (κ2) is 8.48. The number of ether oxygens (including phenoxy) is 1. The molecule has 0 aliphatic heterocycles. The first-order valence-electron chi connectivity index (χ1n) is 6.81. The number of benzene rings is 1. The molecule has 0 atom stereocenters. The summed E-state index contributed by atoms with van der Waals surface area (Å²) < 4.78 is 33.0. The maximum absolute atomic E-state index is 12.8. The first-order valence-corrected chi connectivity index (χ1v) is 9.58. The van der Waals surface area contributed by atoms with Crippen molar-refractivity contribution in [3.05, 3.63) is 27.7 Å². The summed E-state index contributed by atoms with van der Waals surface area (Å²) in [6, 6.07) is 3.49. The van der Waals surface area contributed by atoms with Gasteiger partial charge in [0.2, 0.25) is 10.0 Å². The van der Waals surface area contributed by atoms with Crippen LogP contribution in [0.25, 0.3) is 0 Å². The molecule has 0 saturated heterocycles. The SMILES string of the molecule is CCOCCN(CC)S(=O)(=O)c1cc(CCl)cc(Br)c1C. The van der Waals surface area contributed by atoms with Gasteiger partial charge in [0.05, 0.1) is 11.5 Å². The van der Waals surface area contributed by atoms with E-state index in [1.807, 2.05) is 19.9 Å². The van der Waals surface area contributed by atoms with E-state index < -0.39 is 10.0 Å². The maximum atomic E-state index is 12.8. The molecule has 0 aliphatic rings. The highest BCUT2D eigenvalue weighted by Crippen LogP contribution is 2.28. The molecule has 0 bridgehead atoms. The van der Waals surface area contributed by atoms with Crippen LogP contribution in [-0.2, 0) is 20.6 Å². The Hall–Kier alpha value is -0.140. The number of likely N-dealkylation sites (N-methyl/N-ethyl adjacent to an activating group) is 1. The number of sulfonamides is 1. The third-order valence-corrected chi connectivity index (χ3v) is 6.40. The Labute approximate surface area is 140 Å². The molecular formula is C14H21BrClNO3S. The Morgan fingerprint density at radius 1 is 1.33 bits per heavy atom. The lowest BCUT2D eigenvalue weighted by Gasteiger charge is -2.22. The average molecular weight is 399 g/mol. The minimum absolute atomic E-state index is 0.270. The lowest BCUT2D eigenvalue weighted by Crippen LogP contribution is -2.34. The van der Waals surface area contributed by atoms with Gasteiger partial charge >= 0.3 is 0 Å². The van der Waals surface area contributed by atoms with Gasteiger partial charge in [0, 0.05) is 30.0 Å². The Morgan fingerprint density at radius 2 is 2.00 bits per heavy atom. The summed E-state index contributed by atoms with van der Waals surface area (Å²) in [5, 5.41) is 0. The van der Waals surface area contributed by atoms with E-state index in [0.717, 1.165) is 10.0 Å². The number of rotatable bonds is 8. The normalized spacial score (nSPS) is 12.1. The van der Waals surface area contributed by atoms with Crippen molar-refractivity contribution in [1.82, 2.24) is 4.31 Å². The molecule has 1 aromatic carbocycles. The highest BCUT2D eigenvalue weighted by atomic mass is 79.9. The molecule has 0 aliphatic carbocycles. The summed E-state index contributed by atoms with van der Waals surface area (Å²) >= 11 is 9.24. The minimum Gasteiger partial charge on any atom is -0.380 e. The molecular weight excluding hydrogens is 378 g/mol. The van der Waals surface area contributed by atoms with Crippen LogP contribution in [0, 0.1) is 6.92 Å². The number of hydrogen-bond donors (Lipinski definition) is 0. The average Bonchev–Trinajstić information content (AvgIpc) is 2.45. The zero-order chi connectivity index (χ0) is 16.0. The number of nitrogens with zero attached hydrogens (tertiary/aromatic N) is 1. The van der Waals surface area contributed by atoms with Gasteiger partial charge in [0.25, 0.3) is 0 Å². The third-order valence-electron chi connectivity index (χ3n) is 3.17. The standard InChI is InChI=1S/C14H21BrClNO3S/c1-4-17(6-7-20-5-2)21(18,19)14-9-12(10-16)8-13(15)11(14)3/h8-9H,4-7,10H2,1-3H3. The van der Waals surface area contributed by atoms with E-state index in [1.54, 1.807) is 13.0 Å². The van der Waals surface area contributed by atoms with E-state index in [-0.39, 0.29) is 5.88 Å². The number of hydrogen-bond acceptors (Lipinski definition) is 3. The zero-order valence-corrected chi connectivity index (χ0v) is 15.7. The van der Waals surface area contributed by atoms with Crippen molar-refractivity contribution in [2.24, 2.45) is 0 Å². The fourth-order valence-electron chi connectivity index (χ4n) is 1.95. The van der Waals surface area contributed by atoms with Crippen molar-refractivity contribution in [2.45, 2.75) is 31.5 Å². The number of halogens is 2. The van der Waals surface area contributed by atoms with Gasteiger partial charge in [0.15, 0.2) is 0 Å². The Balaban J connectivity index is 3.19. The van der Waals surface area contributed by atoms with E-state index in [1.165, 1.54) is 4.31 Å². The van der Waals surface area contributed by atoms with Crippen LogP contribution in [0.1, 0.15) is 25.0 Å². The Morgan fingerprint density at radius 3 is 2.52 bits per heavy atom. The second-order valence-corrected chi connectivity index (χ2v) is 7.56. The van der Waals surface area contributed by atoms with E-state index in [2.05, 4.69) is 15.9 Å². The molecule has 0 spiro atoms. The Bertz CT molecular complexity index is 578. The molecule has 0 fully saturated rings. The van der Waals surface area contributed by atoms with Gasteiger partial charge in [0.1, 0.15) is 0 Å². The third kappa shape index (κ3) is 4.66. The summed E-state index contributed by atoms with van der Waals surface area (Å²) in [6.07, 6.45) is 0. The summed E-state index contributed by atoms with van der Waals surface area (Å²) in [6.45, 7) is 7.19. The van der Waals surface area contributed by atoms with Crippen LogP contribution in [0.5, 0.6) is 0 Å². The van der Waals surface area contributed by atoms with Crippen LogP contribution >= 0.6 is 27.5 Å². The van der Waals surface area contributed by atoms with Crippen molar-refractivity contribution in [2.75, 3.05) is 26.3 Å². The first-order chi connectivity index (χ1) is 9.88. The molecule has 0 radical (unpaired) electrons. The molecule has 0 saturated carbocycles. The summed E-state index contributed by atoms with van der Waals surface area (Å²) in [5.74, 6) is 0.270. The lowest BCUT2D eigenvalue weighted by molar-refractivity contribution is 0.135. The van der Waals surface area contributed by atoms with Crippen LogP contribution < -0.4 is 0 Å². The summed E-state index contributed by atoms with van der Waals surface area (Å²) in [4.78, 5) is 0.297. The van der Waals surface area contributed by atoms with Gasteiger partial charge in [-0.05, 0) is 37.1 Å². The highest BCUT2D eigenvalue weighted by Gasteiger charge is 2.26. The molecule has 120 valence electrons. The largest absolute Gasteiger partial charge is 0.380 e. The van der Waals surface area contributed by atoms with Crippen molar-refractivity contribution in [3.8, 4) is 0 Å². The smallest absolute Gasteiger partial charge is 0.243 e. The maximum Gasteiger partial charge on any atom is 0.243 e. The summed E-state index contributed by atoms with van der Waals surface area (Å²) in [5.41, 5.74) is 1.47. The van der Waals surface area contributed by atoms with E-state index in [4.69, 9.17) is 16.3 Å². The molecule has 4 nitrogen and oxygen atoms in total. The van der Waals surface area contributed by atoms with Gasteiger partial charge in [-0.3, -0.25) is 0 Å². The van der Waals surface area contributed by atoms with Crippen LogP contribution in [0.4, 0.5) is 0 Å². The monoisotopic (exact) mass is 397 g/mol. The molecule has 0 N–H and O–H groups in total. The van der Waals surface area contributed by atoms with Crippen LogP contribution in [0.3, 0.4) is 0 Å². The molecule has 1 rings (SSSR count). The first kappa shape index (κ1) is 18.9. The van der Waals surface area contributed by atoms with Crippen molar-refractivity contribution < 1.29 is 13.2 Å². The fraction of sp³-hybridized carbons (Fsp3) is 0.571. The van der Waals surface area contributed by atoms with Crippen molar-refractivity contribution >= 4 is 37.6 Å². The van der Waals surface area contributed by atoms with Crippen LogP contribution in [0.2, 0.25) is 0 Å². The van der Waals surface area contributed by atoms with E-state index in [9.17, 15) is 8.42 Å². The molecule has 7 heteroatoms. The van der Waals surface area contributed by atoms with Crippen molar-refractivity contribution in [3.63, 3.8) is 0 Å². The predicted molar refractivity (Wildman–Crippen MR) is 89.4 cm³/mol. The molecule has 21 heavy (non-hydrogen) atoms. The Kier molecular flexibility index (Phi) is 7.64. The zero-order valence-electron chi connectivity index (χ0n) is 12.5. The lowest BCUT2D eigenvalue weighted by atomic mass is 10.2. The second-order valence-electron chi connectivity index (χ2n) is 4.53. The van der Waals surface area contributed by atoms with Crippen LogP contribution in [0.15, 0.2) is 21.5 Å². The minimum atomic E-state index is -3.55. The molecule has 0 heterocycles. The van der Waals surface area contributed by atoms with Gasteiger partial charge < -0.3 is 4.74 Å². The molecule has 0 unspecified atom stereocenters. The molecule has 1 aromatic rings. The predicted octanol–water partition coefficient (Wildman–Crippen LogP) is 3.54. The fourth-order valence-corrected chi connectivity index (χ4v) is 4.47. The van der Waals surface area contributed by atoms with Gasteiger partial charge in [-0.2, -0.15) is 4.31 Å². The quantitative estimate of drug-likeness (QED) is 0.497. The topological polar surface area (TPSA) is 46.6 Å².